The number of sulfonamides is 1. The number of ether oxygens (including phenoxy) is 2. The van der Waals surface area contributed by atoms with Crippen LogP contribution in [0.15, 0.2) is 59.5 Å². The Labute approximate surface area is 204 Å². The molecule has 3 rings (SSSR count). The van der Waals surface area contributed by atoms with Crippen LogP contribution in [0.4, 0.5) is 10.7 Å². The summed E-state index contributed by atoms with van der Waals surface area (Å²) in [6.07, 6.45) is 0. The van der Waals surface area contributed by atoms with Crippen molar-refractivity contribution >= 4 is 50.6 Å². The van der Waals surface area contributed by atoms with E-state index >= 15 is 0 Å². The Morgan fingerprint density at radius 1 is 0.970 bits per heavy atom. The number of benzene rings is 2. The molecule has 13 heteroatoms. The molecule has 1 aromatic heterocycles. The van der Waals surface area contributed by atoms with Crippen molar-refractivity contribution in [1.82, 2.24) is 19.7 Å². The largest absolute Gasteiger partial charge is 0.467 e. The van der Waals surface area contributed by atoms with Crippen LogP contribution in [0.1, 0.15) is 16.2 Å². The summed E-state index contributed by atoms with van der Waals surface area (Å²) in [5.41, 5.74) is -0.212. The Kier molecular flexibility index (Phi) is 9.47. The zero-order chi connectivity index (χ0) is 24.4. The smallest absolute Gasteiger partial charge is 0.339 e. The molecule has 174 valence electrons. The number of urea groups is 1. The van der Waals surface area contributed by atoms with Crippen molar-refractivity contribution in [1.29, 1.82) is 0 Å². The number of methoxy groups -OCH3 is 2. The number of nitrogens with zero attached hydrogens (tertiary/aromatic N) is 3. The van der Waals surface area contributed by atoms with Gasteiger partial charge in [-0.1, -0.05) is 36.4 Å². The number of esters is 1. The number of carbonyl (C=O) groups excluding carboxylic acids is 2. The van der Waals surface area contributed by atoms with Gasteiger partial charge in [0.1, 0.15) is 10.7 Å². The van der Waals surface area contributed by atoms with Gasteiger partial charge in [-0.05, 0) is 47.7 Å². The highest BCUT2D eigenvalue weighted by Crippen LogP contribution is 2.20. The third-order valence-corrected chi connectivity index (χ3v) is 5.71. The molecule has 0 atom stereocenters. The minimum Gasteiger partial charge on any atom is -0.467 e. The van der Waals surface area contributed by atoms with Gasteiger partial charge in [0.05, 0.1) is 19.8 Å². The minimum atomic E-state index is -4.38. The van der Waals surface area contributed by atoms with E-state index in [0.717, 1.165) is 7.11 Å². The Morgan fingerprint density at radius 3 is 2.12 bits per heavy atom. The number of aryl methyl sites for hydroxylation is 1. The van der Waals surface area contributed by atoms with Gasteiger partial charge in [-0.2, -0.15) is 15.0 Å². The summed E-state index contributed by atoms with van der Waals surface area (Å²) in [7, 11) is -1.94. The summed E-state index contributed by atoms with van der Waals surface area (Å²) in [4.78, 5) is 35.0. The van der Waals surface area contributed by atoms with Crippen molar-refractivity contribution in [3.63, 3.8) is 0 Å². The second-order valence-electron chi connectivity index (χ2n) is 6.04. The third-order valence-electron chi connectivity index (χ3n) is 3.67. The molecule has 0 unspecified atom stereocenters. The molecule has 0 aliphatic heterocycles. The van der Waals surface area contributed by atoms with Crippen molar-refractivity contribution in [2.45, 2.75) is 11.8 Å². The molecule has 2 N–H and O–H groups in total. The molecule has 2 aromatic carbocycles. The number of hydrogen-bond donors (Lipinski definition) is 2. The molecule has 0 spiro atoms. The van der Waals surface area contributed by atoms with Gasteiger partial charge in [-0.3, -0.25) is 5.32 Å². The topological polar surface area (TPSA) is 149 Å². The standard InChI is InChI=1S/C14H14IN5O6S.C6H6/c1-7-16-12(19-14(17-7)26-3)18-13(22)20-27(23,24)10-6-8(15)4-5-9(10)11(21)25-2;1-2-4-6-5-3-1/h4-6H,1-3H3,(H2,16,17,18,19,20,22);1-6H. The van der Waals surface area contributed by atoms with Crippen LogP contribution in [0.25, 0.3) is 0 Å². The summed E-state index contributed by atoms with van der Waals surface area (Å²) < 4.78 is 36.9. The molecular formula is C20H20IN5O6S. The zero-order valence-corrected chi connectivity index (χ0v) is 20.7. The number of anilines is 1. The number of aromatic nitrogens is 3. The van der Waals surface area contributed by atoms with Crippen molar-refractivity contribution in [3.8, 4) is 6.01 Å². The Morgan fingerprint density at radius 2 is 1.58 bits per heavy atom. The quantitative estimate of drug-likeness (QED) is 0.341. The zero-order valence-electron chi connectivity index (χ0n) is 17.8. The summed E-state index contributed by atoms with van der Waals surface area (Å²) >= 11 is 1.88. The lowest BCUT2D eigenvalue weighted by Crippen LogP contribution is -2.35. The van der Waals surface area contributed by atoms with Crippen molar-refractivity contribution in [2.24, 2.45) is 0 Å². The van der Waals surface area contributed by atoms with Crippen molar-refractivity contribution in [2.75, 3.05) is 19.5 Å². The molecule has 0 bridgehead atoms. The lowest BCUT2D eigenvalue weighted by Gasteiger charge is -2.11. The third kappa shape index (κ3) is 7.94. The first-order valence-electron chi connectivity index (χ1n) is 9.14. The van der Waals surface area contributed by atoms with E-state index in [1.807, 2.05) is 59.0 Å². The van der Waals surface area contributed by atoms with Crippen LogP contribution in [0.3, 0.4) is 0 Å². The van der Waals surface area contributed by atoms with Gasteiger partial charge >= 0.3 is 18.0 Å². The molecule has 3 aromatic rings. The number of carbonyl (C=O) groups is 2. The summed E-state index contributed by atoms with van der Waals surface area (Å²) in [5.74, 6) is -0.807. The maximum atomic E-state index is 12.6. The molecule has 1 heterocycles. The molecule has 33 heavy (non-hydrogen) atoms. The van der Waals surface area contributed by atoms with Crippen molar-refractivity contribution in [3.05, 3.63) is 69.6 Å². The van der Waals surface area contributed by atoms with Crippen LogP contribution in [0.2, 0.25) is 0 Å². The highest BCUT2D eigenvalue weighted by atomic mass is 127. The second kappa shape index (κ2) is 12.1. The first-order chi connectivity index (χ1) is 15.7. The molecule has 0 radical (unpaired) electrons. The normalized spacial score (nSPS) is 10.3. The van der Waals surface area contributed by atoms with E-state index < -0.39 is 26.9 Å². The van der Waals surface area contributed by atoms with Crippen LogP contribution in [-0.2, 0) is 14.8 Å². The summed E-state index contributed by atoms with van der Waals surface area (Å²) in [6, 6.07) is 14.9. The SMILES string of the molecule is COC(=O)c1ccc(I)cc1S(=O)(=O)NC(=O)Nc1nc(C)nc(OC)n1.c1ccccc1. The predicted octanol–water partition coefficient (Wildman–Crippen LogP) is 2.78. The van der Waals surface area contributed by atoms with Crippen LogP contribution in [0, 0.1) is 10.5 Å². The fourth-order valence-electron chi connectivity index (χ4n) is 2.29. The van der Waals surface area contributed by atoms with E-state index in [9.17, 15) is 18.0 Å². The Hall–Kier alpha value is -3.33. The van der Waals surface area contributed by atoms with Gasteiger partial charge in [0.25, 0.3) is 10.0 Å². The van der Waals surface area contributed by atoms with Gasteiger partial charge < -0.3 is 9.47 Å². The second-order valence-corrected chi connectivity index (χ2v) is 8.94. The highest BCUT2D eigenvalue weighted by Gasteiger charge is 2.26. The van der Waals surface area contributed by atoms with E-state index in [1.54, 1.807) is 11.6 Å². The van der Waals surface area contributed by atoms with Crippen LogP contribution < -0.4 is 14.8 Å². The summed E-state index contributed by atoms with van der Waals surface area (Å²) in [5, 5.41) is 2.17. The van der Waals surface area contributed by atoms with E-state index in [4.69, 9.17) is 4.74 Å². The first-order valence-corrected chi connectivity index (χ1v) is 11.7. The molecule has 11 nitrogen and oxygen atoms in total. The van der Waals surface area contributed by atoms with E-state index in [0.29, 0.717) is 3.57 Å². The molecule has 2 amide bonds. The van der Waals surface area contributed by atoms with E-state index in [1.165, 1.54) is 25.3 Å². The predicted molar refractivity (Wildman–Crippen MR) is 127 cm³/mol. The Bertz CT molecular complexity index is 1200. The lowest BCUT2D eigenvalue weighted by atomic mass is 10.2. The Balaban J connectivity index is 0.000000554. The van der Waals surface area contributed by atoms with Gasteiger partial charge in [0.2, 0.25) is 5.95 Å². The maximum absolute atomic E-state index is 12.6. The maximum Gasteiger partial charge on any atom is 0.339 e. The first kappa shape index (κ1) is 25.9. The average Bonchev–Trinajstić information content (AvgIpc) is 2.79. The van der Waals surface area contributed by atoms with E-state index in [-0.39, 0.29) is 23.3 Å². The molecule has 0 aliphatic rings. The number of halogens is 1. The summed E-state index contributed by atoms with van der Waals surface area (Å²) in [6.45, 7) is 1.54. The number of nitrogens with one attached hydrogen (secondary N) is 2. The molecule has 0 aliphatic carbocycles. The molecule has 0 saturated heterocycles. The monoisotopic (exact) mass is 585 g/mol. The van der Waals surface area contributed by atoms with Gasteiger partial charge in [-0.15, -0.1) is 0 Å². The van der Waals surface area contributed by atoms with Crippen LogP contribution >= 0.6 is 22.6 Å². The number of hydrogen-bond acceptors (Lipinski definition) is 9. The van der Waals surface area contributed by atoms with Crippen molar-refractivity contribution < 1.29 is 27.5 Å². The van der Waals surface area contributed by atoms with Crippen LogP contribution in [0.5, 0.6) is 6.01 Å². The fraction of sp³-hybridized carbons (Fsp3) is 0.150. The number of rotatable bonds is 5. The average molecular weight is 585 g/mol. The lowest BCUT2D eigenvalue weighted by molar-refractivity contribution is 0.0596. The van der Waals surface area contributed by atoms with Gasteiger partial charge in [0, 0.05) is 3.57 Å². The molecule has 0 fully saturated rings. The minimum absolute atomic E-state index is 0.0498. The number of amides is 2. The molecular weight excluding hydrogens is 565 g/mol. The molecule has 0 saturated carbocycles. The highest BCUT2D eigenvalue weighted by molar-refractivity contribution is 14.1. The van der Waals surface area contributed by atoms with Gasteiger partial charge in [0.15, 0.2) is 0 Å². The van der Waals surface area contributed by atoms with E-state index in [2.05, 4.69) is 25.0 Å². The van der Waals surface area contributed by atoms with Gasteiger partial charge in [-0.25, -0.2) is 22.7 Å². The fourth-order valence-corrected chi connectivity index (χ4v) is 4.12. The van der Waals surface area contributed by atoms with Crippen LogP contribution in [-0.4, -0.2) is 49.6 Å².